The highest BCUT2D eigenvalue weighted by molar-refractivity contribution is 9.10. The molecule has 1 atom stereocenters. The summed E-state index contributed by atoms with van der Waals surface area (Å²) in [5.74, 6) is -0.388. The molecular formula is C14H11Br2FO. The van der Waals surface area contributed by atoms with Gasteiger partial charge in [0.25, 0.3) is 0 Å². The largest absolute Gasteiger partial charge is 0.388 e. The normalized spacial score (nSPS) is 12.4. The predicted octanol–water partition coefficient (Wildman–Crippen LogP) is 4.63. The lowest BCUT2D eigenvalue weighted by atomic mass is 10.0. The van der Waals surface area contributed by atoms with Crippen LogP contribution in [0.1, 0.15) is 17.2 Å². The van der Waals surface area contributed by atoms with Crippen LogP contribution < -0.4 is 0 Å². The Hall–Kier alpha value is -0.710. The second kappa shape index (κ2) is 5.95. The van der Waals surface area contributed by atoms with Crippen molar-refractivity contribution in [2.75, 3.05) is 0 Å². The van der Waals surface area contributed by atoms with E-state index in [2.05, 4.69) is 31.9 Å². The van der Waals surface area contributed by atoms with Crippen LogP contribution in [-0.4, -0.2) is 5.11 Å². The number of hydrogen-bond acceptors (Lipinski definition) is 1. The summed E-state index contributed by atoms with van der Waals surface area (Å²) in [6, 6.07) is 12.2. The Bertz CT molecular complexity index is 557. The molecule has 4 heteroatoms. The number of hydrogen-bond donors (Lipinski definition) is 1. The van der Waals surface area contributed by atoms with E-state index in [1.54, 1.807) is 12.1 Å². The van der Waals surface area contributed by atoms with Crippen LogP contribution in [0.2, 0.25) is 0 Å². The zero-order chi connectivity index (χ0) is 13.1. The van der Waals surface area contributed by atoms with Crippen molar-refractivity contribution < 1.29 is 9.50 Å². The summed E-state index contributed by atoms with van der Waals surface area (Å²) in [7, 11) is 0. The van der Waals surface area contributed by atoms with Gasteiger partial charge in [-0.05, 0) is 35.9 Å². The van der Waals surface area contributed by atoms with Crippen LogP contribution >= 0.6 is 31.9 Å². The first kappa shape index (κ1) is 13.7. The Kier molecular flexibility index (Phi) is 4.54. The van der Waals surface area contributed by atoms with E-state index in [1.807, 2.05) is 24.3 Å². The SMILES string of the molecule is OC(Cc1cccc(Br)c1)c1cc(Br)ccc1F. The molecule has 1 unspecified atom stereocenters. The van der Waals surface area contributed by atoms with Gasteiger partial charge >= 0.3 is 0 Å². The molecule has 0 aliphatic carbocycles. The highest BCUT2D eigenvalue weighted by atomic mass is 79.9. The summed E-state index contributed by atoms with van der Waals surface area (Å²) in [6.45, 7) is 0. The van der Waals surface area contributed by atoms with Gasteiger partial charge in [-0.15, -0.1) is 0 Å². The van der Waals surface area contributed by atoms with Crippen molar-refractivity contribution in [1.82, 2.24) is 0 Å². The van der Waals surface area contributed by atoms with Crippen LogP contribution in [0.15, 0.2) is 51.4 Å². The minimum absolute atomic E-state index is 0.310. The van der Waals surface area contributed by atoms with E-state index in [0.29, 0.717) is 12.0 Å². The Balaban J connectivity index is 2.21. The lowest BCUT2D eigenvalue weighted by Crippen LogP contribution is -2.04. The fraction of sp³-hybridized carbons (Fsp3) is 0.143. The molecule has 1 nitrogen and oxygen atoms in total. The third-order valence-electron chi connectivity index (χ3n) is 2.64. The smallest absolute Gasteiger partial charge is 0.129 e. The Morgan fingerprint density at radius 3 is 2.50 bits per heavy atom. The Morgan fingerprint density at radius 1 is 1.06 bits per heavy atom. The fourth-order valence-electron chi connectivity index (χ4n) is 1.77. The molecule has 2 rings (SSSR count). The Labute approximate surface area is 122 Å². The van der Waals surface area contributed by atoms with E-state index in [4.69, 9.17) is 0 Å². The zero-order valence-electron chi connectivity index (χ0n) is 9.41. The van der Waals surface area contributed by atoms with E-state index < -0.39 is 6.10 Å². The van der Waals surface area contributed by atoms with Crippen LogP contribution in [0.5, 0.6) is 0 Å². The summed E-state index contributed by atoms with van der Waals surface area (Å²) in [5, 5.41) is 10.1. The summed E-state index contributed by atoms with van der Waals surface area (Å²) in [4.78, 5) is 0. The minimum Gasteiger partial charge on any atom is -0.388 e. The van der Waals surface area contributed by atoms with E-state index >= 15 is 0 Å². The molecule has 1 N–H and O–H groups in total. The molecule has 0 heterocycles. The average Bonchev–Trinajstić information content (AvgIpc) is 2.32. The van der Waals surface area contributed by atoms with Gasteiger partial charge in [0, 0.05) is 20.9 Å². The minimum atomic E-state index is -0.850. The van der Waals surface area contributed by atoms with Crippen molar-refractivity contribution in [3.63, 3.8) is 0 Å². The summed E-state index contributed by atoms with van der Waals surface area (Å²) in [5.41, 5.74) is 1.26. The molecule has 0 aliphatic rings. The summed E-state index contributed by atoms with van der Waals surface area (Å²) in [6.07, 6.45) is -0.468. The zero-order valence-corrected chi connectivity index (χ0v) is 12.6. The van der Waals surface area contributed by atoms with Crippen LogP contribution in [0.25, 0.3) is 0 Å². The van der Waals surface area contributed by atoms with Crippen molar-refractivity contribution in [2.24, 2.45) is 0 Å². The number of aliphatic hydroxyl groups is 1. The molecule has 2 aromatic rings. The highest BCUT2D eigenvalue weighted by Gasteiger charge is 2.14. The number of rotatable bonds is 3. The monoisotopic (exact) mass is 372 g/mol. The van der Waals surface area contributed by atoms with Crippen LogP contribution in [0.3, 0.4) is 0 Å². The van der Waals surface area contributed by atoms with Gasteiger partial charge in [-0.25, -0.2) is 4.39 Å². The lowest BCUT2D eigenvalue weighted by Gasteiger charge is -2.12. The van der Waals surface area contributed by atoms with Crippen molar-refractivity contribution in [3.05, 3.63) is 68.4 Å². The average molecular weight is 374 g/mol. The first-order valence-electron chi connectivity index (χ1n) is 5.44. The number of aliphatic hydroxyl groups excluding tert-OH is 1. The van der Waals surface area contributed by atoms with Gasteiger partial charge in [0.1, 0.15) is 5.82 Å². The van der Waals surface area contributed by atoms with Crippen LogP contribution in [0.4, 0.5) is 4.39 Å². The fourth-order valence-corrected chi connectivity index (χ4v) is 2.59. The molecule has 0 spiro atoms. The molecule has 0 saturated heterocycles. The lowest BCUT2D eigenvalue weighted by molar-refractivity contribution is 0.173. The van der Waals surface area contributed by atoms with Gasteiger partial charge in [0.2, 0.25) is 0 Å². The van der Waals surface area contributed by atoms with Gasteiger partial charge in [-0.1, -0.05) is 44.0 Å². The molecule has 18 heavy (non-hydrogen) atoms. The van der Waals surface area contributed by atoms with Crippen molar-refractivity contribution in [1.29, 1.82) is 0 Å². The second-order valence-electron chi connectivity index (χ2n) is 4.02. The van der Waals surface area contributed by atoms with E-state index in [0.717, 1.165) is 14.5 Å². The molecule has 0 saturated carbocycles. The van der Waals surface area contributed by atoms with Gasteiger partial charge in [-0.2, -0.15) is 0 Å². The maximum absolute atomic E-state index is 13.6. The Morgan fingerprint density at radius 2 is 1.78 bits per heavy atom. The highest BCUT2D eigenvalue weighted by Crippen LogP contribution is 2.25. The second-order valence-corrected chi connectivity index (χ2v) is 5.85. The third kappa shape index (κ3) is 3.40. The molecule has 0 radical (unpaired) electrons. The molecule has 0 fully saturated rings. The quantitative estimate of drug-likeness (QED) is 0.831. The van der Waals surface area contributed by atoms with Gasteiger partial charge in [0.05, 0.1) is 6.10 Å². The molecule has 0 amide bonds. The first-order valence-corrected chi connectivity index (χ1v) is 7.02. The summed E-state index contributed by atoms with van der Waals surface area (Å²) < 4.78 is 15.3. The van der Waals surface area contributed by atoms with E-state index in [9.17, 15) is 9.50 Å². The molecule has 94 valence electrons. The molecule has 0 aliphatic heterocycles. The molecule has 2 aromatic carbocycles. The molecule has 0 bridgehead atoms. The van der Waals surface area contributed by atoms with E-state index in [-0.39, 0.29) is 5.82 Å². The van der Waals surface area contributed by atoms with Crippen molar-refractivity contribution >= 4 is 31.9 Å². The molecule has 0 aromatic heterocycles. The topological polar surface area (TPSA) is 20.2 Å². The standard InChI is InChI=1S/C14H11Br2FO/c15-10-3-1-2-9(6-10)7-14(18)12-8-11(16)4-5-13(12)17/h1-6,8,14,18H,7H2. The number of benzene rings is 2. The van der Waals surface area contributed by atoms with Gasteiger partial charge < -0.3 is 5.11 Å². The molecular weight excluding hydrogens is 363 g/mol. The maximum Gasteiger partial charge on any atom is 0.129 e. The van der Waals surface area contributed by atoms with Crippen molar-refractivity contribution in [2.45, 2.75) is 12.5 Å². The van der Waals surface area contributed by atoms with E-state index in [1.165, 1.54) is 6.07 Å². The van der Waals surface area contributed by atoms with Crippen molar-refractivity contribution in [3.8, 4) is 0 Å². The van der Waals surface area contributed by atoms with Crippen LogP contribution in [-0.2, 0) is 6.42 Å². The van der Waals surface area contributed by atoms with Crippen LogP contribution in [0, 0.1) is 5.82 Å². The third-order valence-corrected chi connectivity index (χ3v) is 3.62. The number of halogens is 3. The predicted molar refractivity (Wildman–Crippen MR) is 76.9 cm³/mol. The first-order chi connectivity index (χ1) is 8.56. The van der Waals surface area contributed by atoms with Gasteiger partial charge in [0.15, 0.2) is 0 Å². The maximum atomic E-state index is 13.6. The van der Waals surface area contributed by atoms with Gasteiger partial charge in [-0.3, -0.25) is 0 Å². The summed E-state index contributed by atoms with van der Waals surface area (Å²) >= 11 is 6.65.